The number of sulfonamides is 1. The molecular weight excluding hydrogens is 335 g/mol. The molecule has 1 heterocycles. The van der Waals surface area contributed by atoms with Crippen LogP contribution in [0.2, 0.25) is 10.0 Å². The van der Waals surface area contributed by atoms with Gasteiger partial charge in [0.2, 0.25) is 10.0 Å². The largest absolute Gasteiger partial charge is 0.392 e. The molecule has 118 valence electrons. The SMILES string of the molecule is CN1CCCC1CNS(=O)(=O)c1cc(CO)c(Cl)cc1Cl. The van der Waals surface area contributed by atoms with Crippen LogP contribution in [0.1, 0.15) is 18.4 Å². The molecule has 0 aliphatic carbocycles. The van der Waals surface area contributed by atoms with Crippen molar-refractivity contribution in [2.75, 3.05) is 20.1 Å². The molecule has 1 fully saturated rings. The highest BCUT2D eigenvalue weighted by Crippen LogP contribution is 2.28. The summed E-state index contributed by atoms with van der Waals surface area (Å²) in [5.74, 6) is 0. The van der Waals surface area contributed by atoms with E-state index in [1.165, 1.54) is 12.1 Å². The van der Waals surface area contributed by atoms with Gasteiger partial charge in [-0.2, -0.15) is 0 Å². The minimum atomic E-state index is -3.73. The minimum Gasteiger partial charge on any atom is -0.392 e. The lowest BCUT2D eigenvalue weighted by Gasteiger charge is -2.20. The number of nitrogens with one attached hydrogen (secondary N) is 1. The highest BCUT2D eigenvalue weighted by molar-refractivity contribution is 7.89. The van der Waals surface area contributed by atoms with Gasteiger partial charge in [-0.1, -0.05) is 23.2 Å². The number of halogens is 2. The quantitative estimate of drug-likeness (QED) is 0.848. The van der Waals surface area contributed by atoms with Crippen molar-refractivity contribution in [2.24, 2.45) is 0 Å². The van der Waals surface area contributed by atoms with Gasteiger partial charge in [-0.25, -0.2) is 13.1 Å². The summed E-state index contributed by atoms with van der Waals surface area (Å²) in [5.41, 5.74) is 0.333. The molecule has 1 saturated heterocycles. The molecule has 0 amide bonds. The zero-order valence-electron chi connectivity index (χ0n) is 11.6. The molecule has 0 saturated carbocycles. The first-order valence-corrected chi connectivity index (χ1v) is 8.87. The van der Waals surface area contributed by atoms with Crippen molar-refractivity contribution in [3.8, 4) is 0 Å². The summed E-state index contributed by atoms with van der Waals surface area (Å²) in [6.07, 6.45) is 2.04. The first-order valence-electron chi connectivity index (χ1n) is 6.64. The number of hydrogen-bond donors (Lipinski definition) is 2. The smallest absolute Gasteiger partial charge is 0.242 e. The summed E-state index contributed by atoms with van der Waals surface area (Å²) in [4.78, 5) is 2.07. The fourth-order valence-corrected chi connectivity index (χ4v) is 4.35. The maximum absolute atomic E-state index is 12.4. The van der Waals surface area contributed by atoms with Crippen LogP contribution in [-0.2, 0) is 16.6 Å². The monoisotopic (exact) mass is 352 g/mol. The molecule has 0 aromatic heterocycles. The van der Waals surface area contributed by atoms with Crippen molar-refractivity contribution in [2.45, 2.75) is 30.4 Å². The number of likely N-dealkylation sites (tertiary alicyclic amines) is 1. The van der Waals surface area contributed by atoms with Gasteiger partial charge in [-0.05, 0) is 44.1 Å². The van der Waals surface area contributed by atoms with Crippen LogP contribution in [0.15, 0.2) is 17.0 Å². The highest BCUT2D eigenvalue weighted by Gasteiger charge is 2.25. The molecule has 0 radical (unpaired) electrons. The van der Waals surface area contributed by atoms with E-state index in [4.69, 9.17) is 23.2 Å². The van der Waals surface area contributed by atoms with Gasteiger partial charge in [-0.15, -0.1) is 0 Å². The molecular formula is C13H18Cl2N2O3S. The Balaban J connectivity index is 2.19. The van der Waals surface area contributed by atoms with Gasteiger partial charge in [0.25, 0.3) is 0 Å². The van der Waals surface area contributed by atoms with Crippen LogP contribution in [0.25, 0.3) is 0 Å². The second-order valence-corrected chi connectivity index (χ2v) is 7.71. The predicted octanol–water partition coefficient (Wildman–Crippen LogP) is 1.86. The van der Waals surface area contributed by atoms with E-state index in [0.717, 1.165) is 19.4 Å². The summed E-state index contributed by atoms with van der Waals surface area (Å²) in [6.45, 7) is 0.971. The standard InChI is InChI=1S/C13H18Cl2N2O3S/c1-17-4-2-3-10(17)7-16-21(19,20)13-5-9(8-18)11(14)6-12(13)15/h5-6,10,16,18H,2-4,7-8H2,1H3. The molecule has 21 heavy (non-hydrogen) atoms. The molecule has 1 aliphatic rings. The maximum Gasteiger partial charge on any atom is 0.242 e. The van der Waals surface area contributed by atoms with Crippen LogP contribution in [0.4, 0.5) is 0 Å². The summed E-state index contributed by atoms with van der Waals surface area (Å²) < 4.78 is 27.3. The molecule has 1 aliphatic heterocycles. The van der Waals surface area contributed by atoms with E-state index in [9.17, 15) is 13.5 Å². The molecule has 0 bridgehead atoms. The average molecular weight is 353 g/mol. The van der Waals surface area contributed by atoms with Crippen LogP contribution in [0, 0.1) is 0 Å². The van der Waals surface area contributed by atoms with Gasteiger partial charge in [0.05, 0.1) is 11.6 Å². The Morgan fingerprint density at radius 3 is 2.67 bits per heavy atom. The van der Waals surface area contributed by atoms with Crippen LogP contribution < -0.4 is 4.72 Å². The van der Waals surface area contributed by atoms with Gasteiger partial charge in [0.15, 0.2) is 0 Å². The zero-order valence-corrected chi connectivity index (χ0v) is 14.0. The third kappa shape index (κ3) is 3.88. The van der Waals surface area contributed by atoms with Gasteiger partial charge < -0.3 is 10.0 Å². The molecule has 2 N–H and O–H groups in total. The van der Waals surface area contributed by atoms with E-state index in [2.05, 4.69) is 9.62 Å². The number of benzene rings is 1. The van der Waals surface area contributed by atoms with E-state index >= 15 is 0 Å². The fraction of sp³-hybridized carbons (Fsp3) is 0.538. The molecule has 1 atom stereocenters. The number of aliphatic hydroxyl groups excluding tert-OH is 1. The number of likely N-dealkylation sites (N-methyl/N-ethyl adjacent to an activating group) is 1. The Labute approximate surface area is 134 Å². The first kappa shape index (κ1) is 17.0. The third-order valence-electron chi connectivity index (χ3n) is 3.74. The number of nitrogens with zero attached hydrogens (tertiary/aromatic N) is 1. The Hall–Kier alpha value is -0.370. The summed E-state index contributed by atoms with van der Waals surface area (Å²) in [7, 11) is -1.75. The zero-order chi connectivity index (χ0) is 15.6. The number of rotatable bonds is 5. The van der Waals surface area contributed by atoms with Gasteiger partial charge in [0.1, 0.15) is 4.90 Å². The van der Waals surface area contributed by atoms with E-state index in [0.29, 0.717) is 12.1 Å². The Morgan fingerprint density at radius 2 is 2.10 bits per heavy atom. The summed E-state index contributed by atoms with van der Waals surface area (Å²) in [5, 5.41) is 9.48. The van der Waals surface area contributed by atoms with Crippen molar-refractivity contribution < 1.29 is 13.5 Å². The Kier molecular flexibility index (Phi) is 5.51. The van der Waals surface area contributed by atoms with Gasteiger partial charge in [0, 0.05) is 17.6 Å². The third-order valence-corrected chi connectivity index (χ3v) is 5.98. The van der Waals surface area contributed by atoms with Crippen LogP contribution >= 0.6 is 23.2 Å². The normalized spacial score (nSPS) is 20.1. The number of hydrogen-bond acceptors (Lipinski definition) is 4. The summed E-state index contributed by atoms with van der Waals surface area (Å²) in [6, 6.07) is 2.85. The molecule has 2 rings (SSSR count). The molecule has 1 aromatic rings. The van der Waals surface area contributed by atoms with Crippen LogP contribution in [0.5, 0.6) is 0 Å². The molecule has 8 heteroatoms. The lowest BCUT2D eigenvalue weighted by Crippen LogP contribution is -2.38. The van der Waals surface area contributed by atoms with E-state index < -0.39 is 10.0 Å². The maximum atomic E-state index is 12.4. The van der Waals surface area contributed by atoms with Crippen molar-refractivity contribution in [3.63, 3.8) is 0 Å². The molecule has 0 spiro atoms. The lowest BCUT2D eigenvalue weighted by molar-refractivity contribution is 0.281. The van der Waals surface area contributed by atoms with Gasteiger partial charge >= 0.3 is 0 Å². The fourth-order valence-electron chi connectivity index (χ4n) is 2.42. The highest BCUT2D eigenvalue weighted by atomic mass is 35.5. The Morgan fingerprint density at radius 1 is 1.38 bits per heavy atom. The first-order chi connectivity index (χ1) is 9.85. The van der Waals surface area contributed by atoms with E-state index in [-0.39, 0.29) is 27.6 Å². The predicted molar refractivity (Wildman–Crippen MR) is 83.2 cm³/mol. The molecule has 5 nitrogen and oxygen atoms in total. The second-order valence-electron chi connectivity index (χ2n) is 5.16. The minimum absolute atomic E-state index is 0.0458. The van der Waals surface area contributed by atoms with Crippen molar-refractivity contribution in [1.29, 1.82) is 0 Å². The lowest BCUT2D eigenvalue weighted by atomic mass is 10.2. The topological polar surface area (TPSA) is 69.6 Å². The molecule has 1 unspecified atom stereocenters. The number of aliphatic hydroxyl groups is 1. The van der Waals surface area contributed by atoms with Crippen LogP contribution in [0.3, 0.4) is 0 Å². The average Bonchev–Trinajstić information content (AvgIpc) is 2.82. The van der Waals surface area contributed by atoms with E-state index in [1.54, 1.807) is 0 Å². The van der Waals surface area contributed by atoms with Crippen molar-refractivity contribution >= 4 is 33.2 Å². The Bertz CT molecular complexity index is 622. The summed E-state index contributed by atoms with van der Waals surface area (Å²) >= 11 is 11.9. The van der Waals surface area contributed by atoms with Crippen molar-refractivity contribution in [3.05, 3.63) is 27.7 Å². The van der Waals surface area contributed by atoms with Crippen molar-refractivity contribution in [1.82, 2.24) is 9.62 Å². The van der Waals surface area contributed by atoms with Crippen LogP contribution in [-0.4, -0.2) is 44.6 Å². The molecule has 1 aromatic carbocycles. The van der Waals surface area contributed by atoms with Gasteiger partial charge in [-0.3, -0.25) is 0 Å². The second kappa shape index (κ2) is 6.81. The van der Waals surface area contributed by atoms with E-state index in [1.807, 2.05) is 7.05 Å².